The van der Waals surface area contributed by atoms with Gasteiger partial charge in [0, 0.05) is 6.04 Å². The van der Waals surface area contributed by atoms with Gasteiger partial charge in [0.2, 0.25) is 0 Å². The van der Waals surface area contributed by atoms with Gasteiger partial charge in [0.1, 0.15) is 0 Å². The normalized spacial score (nSPS) is 28.2. The first kappa shape index (κ1) is 14.3. The summed E-state index contributed by atoms with van der Waals surface area (Å²) in [5.74, 6) is 0. The average Bonchev–Trinajstić information content (AvgIpc) is 2.02. The van der Waals surface area contributed by atoms with Crippen molar-refractivity contribution in [1.82, 2.24) is 14.7 Å². The summed E-state index contributed by atoms with van der Waals surface area (Å²) < 4.78 is 0. The van der Waals surface area contributed by atoms with E-state index < -0.39 is 0 Å². The Hall–Kier alpha value is 0.308. The number of likely N-dealkylation sites (N-methyl/N-ethyl adjacent to an activating group) is 3. The molecule has 0 N–H and O–H groups in total. The van der Waals surface area contributed by atoms with Crippen LogP contribution in [0, 0.1) is 6.08 Å². The minimum atomic E-state index is 0. The average molecular weight is 366 g/mol. The van der Waals surface area contributed by atoms with Crippen LogP contribution in [0.15, 0.2) is 6.08 Å². The summed E-state index contributed by atoms with van der Waals surface area (Å²) >= 11 is 0. The number of nitrogens with zero attached hydrogens (tertiary/aromatic N) is 3. The fourth-order valence-corrected chi connectivity index (χ4v) is 1.87. The van der Waals surface area contributed by atoms with E-state index in [4.69, 9.17) is 0 Å². The first-order chi connectivity index (χ1) is 6.04. The fraction of sp³-hybridized carbons (Fsp3) is 0.800. The van der Waals surface area contributed by atoms with Crippen LogP contribution >= 0.6 is 0 Å². The van der Waals surface area contributed by atoms with Gasteiger partial charge < -0.3 is 15.9 Å². The molecule has 1 aliphatic rings. The molecule has 1 aliphatic heterocycles. The zero-order valence-electron chi connectivity index (χ0n) is 9.69. The monoisotopic (exact) mass is 366 g/mol. The molecule has 0 spiro atoms. The van der Waals surface area contributed by atoms with Crippen LogP contribution < -0.4 is 0 Å². The van der Waals surface area contributed by atoms with Crippen LogP contribution in [0.5, 0.6) is 0 Å². The molecule has 0 fully saturated rings. The Kier molecular flexibility index (Phi) is 6.15. The summed E-state index contributed by atoms with van der Waals surface area (Å²) in [4.78, 5) is 6.79. The van der Waals surface area contributed by atoms with E-state index in [2.05, 4.69) is 62.1 Å². The Morgan fingerprint density at radius 2 is 1.79 bits per heavy atom. The Labute approximate surface area is 102 Å². The molecule has 0 aromatic heterocycles. The molecule has 2 unspecified atom stereocenters. The summed E-state index contributed by atoms with van der Waals surface area (Å²) in [6.45, 7) is 0.924. The molecule has 0 aliphatic carbocycles. The van der Waals surface area contributed by atoms with Crippen LogP contribution in [-0.2, 0) is 21.1 Å². The maximum atomic E-state index is 3.28. The molecule has 4 heteroatoms. The van der Waals surface area contributed by atoms with Gasteiger partial charge in [-0.25, -0.2) is 6.08 Å². The second kappa shape index (κ2) is 6.01. The van der Waals surface area contributed by atoms with Crippen molar-refractivity contribution < 1.29 is 21.1 Å². The maximum absolute atomic E-state index is 3.28. The number of hydrogen-bond donors (Lipinski definition) is 0. The van der Waals surface area contributed by atoms with Gasteiger partial charge in [0.15, 0.2) is 0 Å². The first-order valence-corrected chi connectivity index (χ1v) is 4.64. The third-order valence-electron chi connectivity index (χ3n) is 2.51. The van der Waals surface area contributed by atoms with Gasteiger partial charge in [0.25, 0.3) is 0 Å². The zero-order chi connectivity index (χ0) is 10.0. The fourth-order valence-electron chi connectivity index (χ4n) is 1.87. The molecule has 0 saturated carbocycles. The molecule has 0 aromatic rings. The van der Waals surface area contributed by atoms with Gasteiger partial charge in [-0.3, -0.25) is 4.90 Å². The second-order valence-corrected chi connectivity index (χ2v) is 4.12. The Balaban J connectivity index is 0.00000169. The third kappa shape index (κ3) is 3.16. The van der Waals surface area contributed by atoms with E-state index in [1.807, 2.05) is 0 Å². The standard InChI is InChI=1S/C10H20N3.W/c1-11(2)9-7-6-8-13(5)10(9)12(3)4;/h7,9-10H,8H2,1-5H3;/q-1;+2. The molecule has 0 saturated heterocycles. The van der Waals surface area contributed by atoms with Crippen LogP contribution in [0.1, 0.15) is 0 Å². The molecular weight excluding hydrogens is 346 g/mol. The van der Waals surface area contributed by atoms with Crippen molar-refractivity contribution in [2.75, 3.05) is 41.8 Å². The molecule has 0 bridgehead atoms. The molecule has 1 rings (SSSR count). The minimum Gasteiger partial charge on any atom is -0.484 e. The predicted molar refractivity (Wildman–Crippen MR) is 55.4 cm³/mol. The van der Waals surface area contributed by atoms with Crippen molar-refractivity contribution in [2.24, 2.45) is 0 Å². The quantitative estimate of drug-likeness (QED) is 0.643. The van der Waals surface area contributed by atoms with Gasteiger partial charge in [0.05, 0.1) is 6.17 Å². The minimum absolute atomic E-state index is 0. The SMILES string of the molecule is CN(C)C1C=[C-]CN(C)C1N(C)C.[W+2]. The molecule has 1 heterocycles. The predicted octanol–water partition coefficient (Wildman–Crippen LogP) is 0.107. The molecule has 0 radical (unpaired) electrons. The van der Waals surface area contributed by atoms with Gasteiger partial charge >= 0.3 is 21.1 Å². The van der Waals surface area contributed by atoms with Crippen LogP contribution in [-0.4, -0.2) is 68.7 Å². The third-order valence-corrected chi connectivity index (χ3v) is 2.51. The molecule has 0 aromatic carbocycles. The summed E-state index contributed by atoms with van der Waals surface area (Å²) in [5, 5.41) is 0. The second-order valence-electron chi connectivity index (χ2n) is 4.12. The topological polar surface area (TPSA) is 9.72 Å². The number of hydrogen-bond acceptors (Lipinski definition) is 3. The summed E-state index contributed by atoms with van der Waals surface area (Å²) in [7, 11) is 10.6. The molecule has 14 heavy (non-hydrogen) atoms. The molecule has 80 valence electrons. The Bertz CT molecular complexity index is 192. The smallest absolute Gasteiger partial charge is 0.484 e. The molecule has 2 atom stereocenters. The van der Waals surface area contributed by atoms with Gasteiger partial charge in [-0.1, -0.05) is 0 Å². The summed E-state index contributed by atoms with van der Waals surface area (Å²) in [6.07, 6.45) is 5.91. The van der Waals surface area contributed by atoms with Gasteiger partial charge in [-0.05, 0) is 35.2 Å². The first-order valence-electron chi connectivity index (χ1n) is 4.64. The van der Waals surface area contributed by atoms with Gasteiger partial charge in [-0.2, -0.15) is 0 Å². The van der Waals surface area contributed by atoms with Crippen molar-refractivity contribution >= 4 is 0 Å². The summed E-state index contributed by atoms with van der Waals surface area (Å²) in [5.41, 5.74) is 0. The van der Waals surface area contributed by atoms with Crippen LogP contribution in [0.4, 0.5) is 0 Å². The Morgan fingerprint density at radius 3 is 2.14 bits per heavy atom. The maximum Gasteiger partial charge on any atom is 2.00 e. The molecule has 3 nitrogen and oxygen atoms in total. The van der Waals surface area contributed by atoms with E-state index in [0.717, 1.165) is 6.54 Å². The van der Waals surface area contributed by atoms with Crippen LogP contribution in [0.25, 0.3) is 0 Å². The van der Waals surface area contributed by atoms with Crippen molar-refractivity contribution in [2.45, 2.75) is 12.2 Å². The van der Waals surface area contributed by atoms with E-state index >= 15 is 0 Å². The zero-order valence-corrected chi connectivity index (χ0v) is 12.6. The van der Waals surface area contributed by atoms with Gasteiger partial charge in [-0.15, -0.1) is 6.54 Å². The van der Waals surface area contributed by atoms with Crippen LogP contribution in [0.3, 0.4) is 0 Å². The van der Waals surface area contributed by atoms with E-state index in [9.17, 15) is 0 Å². The number of rotatable bonds is 2. The Morgan fingerprint density at radius 1 is 1.21 bits per heavy atom. The van der Waals surface area contributed by atoms with E-state index in [1.54, 1.807) is 0 Å². The largest absolute Gasteiger partial charge is 2.00 e. The van der Waals surface area contributed by atoms with E-state index in [1.165, 1.54) is 0 Å². The molecular formula is C10H20N3W+. The molecule has 0 amide bonds. The summed E-state index contributed by atoms with van der Waals surface area (Å²) in [6, 6.07) is 0.439. The van der Waals surface area contributed by atoms with Crippen molar-refractivity contribution in [3.05, 3.63) is 12.2 Å². The van der Waals surface area contributed by atoms with Crippen LogP contribution in [0.2, 0.25) is 0 Å². The van der Waals surface area contributed by atoms with E-state index in [0.29, 0.717) is 12.2 Å². The van der Waals surface area contributed by atoms with Crippen molar-refractivity contribution in [1.29, 1.82) is 0 Å². The van der Waals surface area contributed by atoms with Crippen molar-refractivity contribution in [3.63, 3.8) is 0 Å². The van der Waals surface area contributed by atoms with Crippen molar-refractivity contribution in [3.8, 4) is 0 Å². The van der Waals surface area contributed by atoms with E-state index in [-0.39, 0.29) is 21.1 Å².